The van der Waals surface area contributed by atoms with Crippen molar-refractivity contribution in [1.29, 1.82) is 0 Å². The van der Waals surface area contributed by atoms with Crippen molar-refractivity contribution in [2.75, 3.05) is 9.80 Å². The van der Waals surface area contributed by atoms with Crippen LogP contribution in [0, 0.1) is 0 Å². The second kappa shape index (κ2) is 11.9. The molecule has 8 nitrogen and oxygen atoms in total. The fourth-order valence-electron chi connectivity index (χ4n) is 8.12. The second-order valence-corrected chi connectivity index (χ2v) is 13.3. The topological polar surface area (TPSA) is 67.4 Å². The minimum atomic E-state index is 0.835. The molecule has 0 atom stereocenters. The minimum Gasteiger partial charge on any atom is -0.342 e. The van der Waals surface area contributed by atoms with Gasteiger partial charge >= 0.3 is 0 Å². The number of hydrogen-bond donors (Lipinski definition) is 0. The van der Waals surface area contributed by atoms with Crippen molar-refractivity contribution in [3.05, 3.63) is 146 Å². The van der Waals surface area contributed by atoms with Crippen molar-refractivity contribution in [3.63, 3.8) is 0 Å². The van der Waals surface area contributed by atoms with E-state index >= 15 is 0 Å². The van der Waals surface area contributed by atoms with Crippen LogP contribution in [0.3, 0.4) is 0 Å². The zero-order chi connectivity index (χ0) is 34.8. The highest BCUT2D eigenvalue weighted by Gasteiger charge is 2.24. The highest BCUT2D eigenvalue weighted by molar-refractivity contribution is 6.36. The zero-order valence-corrected chi connectivity index (χ0v) is 28.8. The molecule has 52 heavy (non-hydrogen) atoms. The summed E-state index contributed by atoms with van der Waals surface area (Å²) in [5.74, 6) is 1.72. The van der Waals surface area contributed by atoms with Gasteiger partial charge in [-0.05, 0) is 84.3 Å². The zero-order valence-electron chi connectivity index (χ0n) is 28.8. The van der Waals surface area contributed by atoms with Gasteiger partial charge in [-0.1, -0.05) is 48.5 Å². The molecule has 0 aliphatic carbocycles. The molecule has 0 N–H and O–H groups in total. The summed E-state index contributed by atoms with van der Waals surface area (Å²) in [7, 11) is 4.39. The Labute approximate surface area is 300 Å². The Kier molecular flexibility index (Phi) is 6.89. The molecular formula is C44H34N8. The van der Waals surface area contributed by atoms with Crippen LogP contribution in [0.2, 0.25) is 0 Å². The number of aryl methyl sites for hydroxylation is 2. The van der Waals surface area contributed by atoms with Gasteiger partial charge in [0.15, 0.2) is 0 Å². The van der Waals surface area contributed by atoms with E-state index < -0.39 is 0 Å². The first kappa shape index (κ1) is 30.1. The first-order valence-electron chi connectivity index (χ1n) is 17.6. The summed E-state index contributed by atoms with van der Waals surface area (Å²) in [6.45, 7) is 0. The van der Waals surface area contributed by atoms with Gasteiger partial charge in [0.2, 0.25) is 0 Å². The van der Waals surface area contributed by atoms with Crippen LogP contribution >= 0.6 is 0 Å². The van der Waals surface area contributed by atoms with E-state index in [0.29, 0.717) is 0 Å². The van der Waals surface area contributed by atoms with Crippen LogP contribution in [0.15, 0.2) is 151 Å². The molecule has 0 radical (unpaired) electrons. The van der Waals surface area contributed by atoms with Crippen LogP contribution in [0.5, 0.6) is 0 Å². The van der Waals surface area contributed by atoms with E-state index in [0.717, 1.165) is 58.3 Å². The lowest BCUT2D eigenvalue weighted by Gasteiger charge is -2.27. The number of aliphatic imine (C=N–C) groups is 1. The Balaban J connectivity index is 1.25. The molecule has 0 amide bonds. The molecule has 1 aliphatic heterocycles. The van der Waals surface area contributed by atoms with Crippen molar-refractivity contribution >= 4 is 89.3 Å². The standard InChI is InChI=1S/C44H34N8/c1-49-37-25-29(51(31-11-9-21-45-27-31)39-15-5-7-23-47-39)17-19-35(37)41-33-13-3-4-14-34(33)42-36-20-18-30(26-38(36)50(2)44(42)43(41)49)52(32-12-10-22-46-28-32)40-16-6-8-24-48-40/h3-9,11,13-28H,10,12H2,1-2H3. The largest absolute Gasteiger partial charge is 0.342 e. The lowest BCUT2D eigenvalue weighted by molar-refractivity contribution is 0.927. The molecule has 9 aromatic rings. The average molecular weight is 675 g/mol. The van der Waals surface area contributed by atoms with Gasteiger partial charge in [-0.3, -0.25) is 19.8 Å². The van der Waals surface area contributed by atoms with Gasteiger partial charge in [-0.15, -0.1) is 0 Å². The van der Waals surface area contributed by atoms with Gasteiger partial charge in [-0.25, -0.2) is 9.97 Å². The van der Waals surface area contributed by atoms with E-state index in [1.54, 1.807) is 6.20 Å². The number of allylic oxidation sites excluding steroid dienone is 1. The van der Waals surface area contributed by atoms with E-state index in [1.165, 1.54) is 43.4 Å². The molecular weight excluding hydrogens is 641 g/mol. The Morgan fingerprint density at radius 3 is 1.69 bits per heavy atom. The summed E-state index contributed by atoms with van der Waals surface area (Å²) in [6, 6.07) is 38.5. The molecule has 250 valence electrons. The molecule has 0 spiro atoms. The van der Waals surface area contributed by atoms with Crippen molar-refractivity contribution in [1.82, 2.24) is 24.1 Å². The molecule has 8 heteroatoms. The Bertz CT molecular complexity index is 2830. The maximum Gasteiger partial charge on any atom is 0.137 e. The van der Waals surface area contributed by atoms with Crippen molar-refractivity contribution in [3.8, 4) is 0 Å². The lowest BCUT2D eigenvalue weighted by atomic mass is 9.98. The number of anilines is 5. The number of rotatable bonds is 6. The first-order valence-corrected chi connectivity index (χ1v) is 17.6. The van der Waals surface area contributed by atoms with Crippen molar-refractivity contribution in [2.24, 2.45) is 19.1 Å². The third kappa shape index (κ3) is 4.54. The summed E-state index contributed by atoms with van der Waals surface area (Å²) in [4.78, 5) is 22.9. The van der Waals surface area contributed by atoms with E-state index in [-0.39, 0.29) is 0 Å². The predicted octanol–water partition coefficient (Wildman–Crippen LogP) is 10.6. The van der Waals surface area contributed by atoms with Gasteiger partial charge < -0.3 is 9.13 Å². The predicted molar refractivity (Wildman–Crippen MR) is 214 cm³/mol. The van der Waals surface area contributed by atoms with Crippen LogP contribution < -0.4 is 9.80 Å². The molecule has 0 fully saturated rings. The molecule has 6 heterocycles. The maximum absolute atomic E-state index is 4.76. The molecule has 0 saturated carbocycles. The van der Waals surface area contributed by atoms with Gasteiger partial charge in [0, 0.05) is 83.7 Å². The van der Waals surface area contributed by atoms with Crippen LogP contribution in [0.4, 0.5) is 28.7 Å². The number of nitrogens with zero attached hydrogens (tertiary/aromatic N) is 8. The van der Waals surface area contributed by atoms with Crippen LogP contribution in [-0.4, -0.2) is 30.3 Å². The number of fused-ring (bicyclic) bond motifs is 10. The summed E-state index contributed by atoms with van der Waals surface area (Å²) >= 11 is 0. The van der Waals surface area contributed by atoms with E-state index in [4.69, 9.17) is 9.97 Å². The van der Waals surface area contributed by atoms with Gasteiger partial charge in [0.05, 0.1) is 34.0 Å². The third-order valence-electron chi connectivity index (χ3n) is 10.4. The molecule has 4 aromatic carbocycles. The van der Waals surface area contributed by atoms with Gasteiger partial charge in [0.25, 0.3) is 0 Å². The molecule has 10 rings (SSSR count). The quantitative estimate of drug-likeness (QED) is 0.176. The fraction of sp³-hybridized carbons (Fsp3) is 0.0909. The van der Waals surface area contributed by atoms with E-state index in [2.05, 4.69) is 116 Å². The van der Waals surface area contributed by atoms with Crippen molar-refractivity contribution < 1.29 is 0 Å². The smallest absolute Gasteiger partial charge is 0.137 e. The highest BCUT2D eigenvalue weighted by atomic mass is 15.2. The molecule has 0 unspecified atom stereocenters. The average Bonchev–Trinajstić information content (AvgIpc) is 3.66. The normalized spacial score (nSPS) is 13.1. The number of aromatic nitrogens is 5. The van der Waals surface area contributed by atoms with E-state index in [1.807, 2.05) is 67.4 Å². The van der Waals surface area contributed by atoms with Gasteiger partial charge in [0.1, 0.15) is 11.6 Å². The molecule has 1 aliphatic rings. The number of pyridine rings is 3. The molecule has 0 saturated heterocycles. The Morgan fingerprint density at radius 1 is 0.558 bits per heavy atom. The van der Waals surface area contributed by atoms with Crippen LogP contribution in [0.1, 0.15) is 12.8 Å². The second-order valence-electron chi connectivity index (χ2n) is 13.3. The fourth-order valence-corrected chi connectivity index (χ4v) is 8.12. The van der Waals surface area contributed by atoms with Crippen molar-refractivity contribution in [2.45, 2.75) is 12.8 Å². The summed E-state index contributed by atoms with van der Waals surface area (Å²) < 4.78 is 4.75. The Hall–Kier alpha value is -6.80. The molecule has 5 aromatic heterocycles. The van der Waals surface area contributed by atoms with E-state index in [9.17, 15) is 0 Å². The number of hydrogen-bond acceptors (Lipinski definition) is 6. The Morgan fingerprint density at radius 2 is 1.15 bits per heavy atom. The van der Waals surface area contributed by atoms with Crippen LogP contribution in [0.25, 0.3) is 54.4 Å². The van der Waals surface area contributed by atoms with Crippen LogP contribution in [-0.2, 0) is 14.1 Å². The summed E-state index contributed by atoms with van der Waals surface area (Å²) in [5, 5.41) is 7.44. The first-order chi connectivity index (χ1) is 25.7. The molecule has 0 bridgehead atoms. The van der Waals surface area contributed by atoms with Gasteiger partial charge in [-0.2, -0.15) is 0 Å². The monoisotopic (exact) mass is 674 g/mol. The number of benzene rings is 4. The third-order valence-corrected chi connectivity index (χ3v) is 10.4. The minimum absolute atomic E-state index is 0.835. The lowest BCUT2D eigenvalue weighted by Crippen LogP contribution is -2.18. The SMILES string of the molecule is Cn1c2cc(N(C3=CN=CCC3)c3ccccn3)ccc2c2c3ccccc3c3c4ccc(N(c5cccnc5)c5ccccn5)cc4n(C)c3c21. The summed E-state index contributed by atoms with van der Waals surface area (Å²) in [6.07, 6.45) is 13.1. The highest BCUT2D eigenvalue weighted by Crippen LogP contribution is 2.46. The maximum atomic E-state index is 4.76. The summed E-state index contributed by atoms with van der Waals surface area (Å²) in [5.41, 5.74) is 8.88.